The quantitative estimate of drug-likeness (QED) is 0.402. The zero-order valence-electron chi connectivity index (χ0n) is 16.7. The Morgan fingerprint density at radius 2 is 1.48 bits per heavy atom. The lowest BCUT2D eigenvalue weighted by Crippen LogP contribution is -1.99. The number of nitrogens with zero attached hydrogens (tertiary/aromatic N) is 3. The lowest BCUT2D eigenvalue weighted by atomic mass is 10.2. The molecule has 31 heavy (non-hydrogen) atoms. The Morgan fingerprint density at radius 3 is 2.23 bits per heavy atom. The van der Waals surface area contributed by atoms with E-state index in [0.29, 0.717) is 36.2 Å². The zero-order valence-corrected chi connectivity index (χ0v) is 16.7. The molecule has 0 bridgehead atoms. The van der Waals surface area contributed by atoms with E-state index in [9.17, 15) is 0 Å². The summed E-state index contributed by atoms with van der Waals surface area (Å²) in [6.45, 7) is 0.880. The normalized spacial score (nSPS) is 10.8. The number of fused-ring (bicyclic) bond motifs is 1. The first-order valence-corrected chi connectivity index (χ1v) is 9.98. The third kappa shape index (κ3) is 4.53. The number of H-pyrrole nitrogens is 1. The predicted molar refractivity (Wildman–Crippen MR) is 119 cm³/mol. The van der Waals surface area contributed by atoms with Crippen molar-refractivity contribution in [3.63, 3.8) is 0 Å². The van der Waals surface area contributed by atoms with Crippen molar-refractivity contribution in [2.24, 2.45) is 0 Å². The van der Waals surface area contributed by atoms with Gasteiger partial charge in [-0.2, -0.15) is 0 Å². The van der Waals surface area contributed by atoms with Crippen molar-refractivity contribution in [1.29, 1.82) is 0 Å². The summed E-state index contributed by atoms with van der Waals surface area (Å²) >= 11 is 0. The molecule has 0 aliphatic rings. The standard InChI is InChI=1S/C25H20N4O2/c1-2-6-18(7-3-1)16-30-21-12-20(24-28-23-9-5-11-27-25(23)29-24)13-22(14-21)31-17-19-8-4-10-26-15-19/h1-15H,16-17H2,(H,27,28,29). The van der Waals surface area contributed by atoms with E-state index < -0.39 is 0 Å². The zero-order chi connectivity index (χ0) is 20.9. The van der Waals surface area contributed by atoms with Crippen molar-refractivity contribution in [2.45, 2.75) is 13.2 Å². The molecule has 5 rings (SSSR count). The van der Waals surface area contributed by atoms with Gasteiger partial charge in [0, 0.05) is 35.8 Å². The van der Waals surface area contributed by atoms with Gasteiger partial charge in [0.2, 0.25) is 0 Å². The van der Waals surface area contributed by atoms with E-state index in [1.165, 1.54) is 0 Å². The average Bonchev–Trinajstić information content (AvgIpc) is 3.27. The Hall–Kier alpha value is -4.19. The van der Waals surface area contributed by atoms with Crippen LogP contribution in [0.2, 0.25) is 0 Å². The molecule has 3 heterocycles. The molecule has 0 radical (unpaired) electrons. The molecule has 0 atom stereocenters. The molecule has 152 valence electrons. The van der Waals surface area contributed by atoms with Gasteiger partial charge in [-0.15, -0.1) is 0 Å². The van der Waals surface area contributed by atoms with E-state index in [2.05, 4.69) is 19.9 Å². The molecule has 5 aromatic rings. The van der Waals surface area contributed by atoms with Crippen LogP contribution in [0, 0.1) is 0 Å². The summed E-state index contributed by atoms with van der Waals surface area (Å²) in [5.41, 5.74) is 4.51. The minimum atomic E-state index is 0.414. The number of pyridine rings is 2. The molecule has 2 aromatic carbocycles. The summed E-state index contributed by atoms with van der Waals surface area (Å²) < 4.78 is 12.1. The van der Waals surface area contributed by atoms with Gasteiger partial charge in [-0.25, -0.2) is 9.97 Å². The van der Waals surface area contributed by atoms with Crippen LogP contribution in [0.1, 0.15) is 11.1 Å². The molecule has 0 fully saturated rings. The second-order valence-electron chi connectivity index (χ2n) is 7.08. The highest BCUT2D eigenvalue weighted by Gasteiger charge is 2.11. The third-order valence-corrected chi connectivity index (χ3v) is 4.79. The molecule has 0 unspecified atom stereocenters. The highest BCUT2D eigenvalue weighted by molar-refractivity contribution is 5.76. The highest BCUT2D eigenvalue weighted by atomic mass is 16.5. The Morgan fingerprint density at radius 1 is 0.742 bits per heavy atom. The number of hydrogen-bond acceptors (Lipinski definition) is 5. The fourth-order valence-corrected chi connectivity index (χ4v) is 3.25. The van der Waals surface area contributed by atoms with Crippen LogP contribution in [-0.2, 0) is 13.2 Å². The number of nitrogens with one attached hydrogen (secondary N) is 1. The van der Waals surface area contributed by atoms with Crippen molar-refractivity contribution in [3.05, 3.63) is 103 Å². The molecule has 1 N–H and O–H groups in total. The first kappa shape index (κ1) is 18.8. The van der Waals surface area contributed by atoms with Gasteiger partial charge in [0.15, 0.2) is 5.65 Å². The van der Waals surface area contributed by atoms with Gasteiger partial charge in [0.05, 0.1) is 5.52 Å². The fourth-order valence-electron chi connectivity index (χ4n) is 3.25. The van der Waals surface area contributed by atoms with Crippen LogP contribution in [0.25, 0.3) is 22.6 Å². The summed E-state index contributed by atoms with van der Waals surface area (Å²) in [5, 5.41) is 0. The molecular weight excluding hydrogens is 388 g/mol. The van der Waals surface area contributed by atoms with Crippen molar-refractivity contribution < 1.29 is 9.47 Å². The van der Waals surface area contributed by atoms with Crippen LogP contribution in [0.5, 0.6) is 11.5 Å². The summed E-state index contributed by atoms with van der Waals surface area (Å²) in [6.07, 6.45) is 5.27. The fraction of sp³-hybridized carbons (Fsp3) is 0.0800. The van der Waals surface area contributed by atoms with Crippen LogP contribution in [0.3, 0.4) is 0 Å². The van der Waals surface area contributed by atoms with Crippen LogP contribution < -0.4 is 9.47 Å². The lowest BCUT2D eigenvalue weighted by molar-refractivity contribution is 0.290. The van der Waals surface area contributed by atoms with Crippen molar-refractivity contribution in [3.8, 4) is 22.9 Å². The SMILES string of the molecule is c1ccc(COc2cc(OCc3cccnc3)cc(-c3nc4ncccc4[nH]3)c2)cc1. The van der Waals surface area contributed by atoms with E-state index in [1.54, 1.807) is 18.6 Å². The van der Waals surface area contributed by atoms with Gasteiger partial charge in [-0.3, -0.25) is 4.98 Å². The Labute approximate surface area is 179 Å². The van der Waals surface area contributed by atoms with Gasteiger partial charge < -0.3 is 14.5 Å². The average molecular weight is 408 g/mol. The van der Waals surface area contributed by atoms with Crippen LogP contribution >= 0.6 is 0 Å². The minimum absolute atomic E-state index is 0.414. The number of aromatic amines is 1. The lowest BCUT2D eigenvalue weighted by Gasteiger charge is -2.12. The summed E-state index contributed by atoms with van der Waals surface area (Å²) in [5.74, 6) is 2.11. The maximum absolute atomic E-state index is 6.07. The maximum atomic E-state index is 6.07. The van der Waals surface area contributed by atoms with Crippen LogP contribution in [-0.4, -0.2) is 19.9 Å². The van der Waals surface area contributed by atoms with E-state index in [0.717, 1.165) is 22.2 Å². The third-order valence-electron chi connectivity index (χ3n) is 4.79. The molecule has 0 aliphatic carbocycles. The summed E-state index contributed by atoms with van der Waals surface area (Å²) in [6, 6.07) is 23.6. The van der Waals surface area contributed by atoms with E-state index in [-0.39, 0.29) is 0 Å². The molecule has 0 saturated heterocycles. The monoisotopic (exact) mass is 408 g/mol. The minimum Gasteiger partial charge on any atom is -0.489 e. The van der Waals surface area contributed by atoms with Crippen molar-refractivity contribution in [1.82, 2.24) is 19.9 Å². The van der Waals surface area contributed by atoms with Crippen LogP contribution in [0.15, 0.2) is 91.4 Å². The topological polar surface area (TPSA) is 72.9 Å². The molecule has 0 spiro atoms. The van der Waals surface area contributed by atoms with Gasteiger partial charge in [0.1, 0.15) is 30.5 Å². The second-order valence-corrected chi connectivity index (χ2v) is 7.08. The number of imidazole rings is 1. The van der Waals surface area contributed by atoms with Gasteiger partial charge in [-0.05, 0) is 35.9 Å². The summed E-state index contributed by atoms with van der Waals surface area (Å²) in [7, 11) is 0. The first-order valence-electron chi connectivity index (χ1n) is 9.98. The summed E-state index contributed by atoms with van der Waals surface area (Å²) in [4.78, 5) is 16.4. The number of ether oxygens (including phenoxy) is 2. The van der Waals surface area contributed by atoms with Crippen LogP contribution in [0.4, 0.5) is 0 Å². The number of hydrogen-bond donors (Lipinski definition) is 1. The molecule has 0 amide bonds. The van der Waals surface area contributed by atoms with E-state index in [1.807, 2.05) is 72.8 Å². The van der Waals surface area contributed by atoms with Gasteiger partial charge >= 0.3 is 0 Å². The first-order chi connectivity index (χ1) is 15.3. The van der Waals surface area contributed by atoms with E-state index >= 15 is 0 Å². The number of rotatable bonds is 7. The second kappa shape index (κ2) is 8.67. The molecule has 3 aromatic heterocycles. The number of aromatic nitrogens is 4. The molecule has 0 aliphatic heterocycles. The highest BCUT2D eigenvalue weighted by Crippen LogP contribution is 2.30. The Bertz CT molecular complexity index is 1190. The molecular formula is C25H20N4O2. The molecule has 6 nitrogen and oxygen atoms in total. The predicted octanol–water partition coefficient (Wildman–Crippen LogP) is 5.18. The Balaban J connectivity index is 1.45. The Kier molecular flexibility index (Phi) is 5.26. The molecule has 0 saturated carbocycles. The number of benzene rings is 2. The maximum Gasteiger partial charge on any atom is 0.178 e. The smallest absolute Gasteiger partial charge is 0.178 e. The van der Waals surface area contributed by atoms with Gasteiger partial charge in [-0.1, -0.05) is 36.4 Å². The largest absolute Gasteiger partial charge is 0.489 e. The molecule has 6 heteroatoms. The van der Waals surface area contributed by atoms with Crippen molar-refractivity contribution >= 4 is 11.2 Å². The van der Waals surface area contributed by atoms with E-state index in [4.69, 9.17) is 9.47 Å². The van der Waals surface area contributed by atoms with Gasteiger partial charge in [0.25, 0.3) is 0 Å². The van der Waals surface area contributed by atoms with Crippen molar-refractivity contribution in [2.75, 3.05) is 0 Å².